The molecule has 0 saturated heterocycles. The van der Waals surface area contributed by atoms with Crippen molar-refractivity contribution >= 4 is 22.6 Å². The molecule has 1 aromatic carbocycles. The molecule has 1 heteroatoms. The van der Waals surface area contributed by atoms with E-state index in [4.69, 9.17) is 0 Å². The Morgan fingerprint density at radius 1 is 0.870 bits per heavy atom. The number of halogens is 1. The second-order valence-corrected chi connectivity index (χ2v) is 10.7. The number of hydrogen-bond acceptors (Lipinski definition) is 0. The van der Waals surface area contributed by atoms with Crippen LogP contribution in [0.1, 0.15) is 87.0 Å². The molecular formula is C22H33I. The maximum Gasteiger partial charge on any atom is 0.0223 e. The van der Waals surface area contributed by atoms with Gasteiger partial charge in [0.1, 0.15) is 0 Å². The molecule has 0 heterocycles. The monoisotopic (exact) mass is 424 g/mol. The Balaban J connectivity index is 1.55. The first-order chi connectivity index (χ1) is 11.0. The Morgan fingerprint density at radius 3 is 1.91 bits per heavy atom. The summed E-state index contributed by atoms with van der Waals surface area (Å²) in [6, 6.07) is 4.98. The van der Waals surface area contributed by atoms with Crippen LogP contribution in [-0.2, 0) is 12.8 Å². The van der Waals surface area contributed by atoms with Crippen molar-refractivity contribution in [3.05, 3.63) is 34.4 Å². The summed E-state index contributed by atoms with van der Waals surface area (Å²) in [5, 5.41) is 0. The lowest BCUT2D eigenvalue weighted by Crippen LogP contribution is -2.02. The summed E-state index contributed by atoms with van der Waals surface area (Å²) >= 11 is 2.69. The lowest BCUT2D eigenvalue weighted by Gasteiger charge is -2.15. The highest BCUT2D eigenvalue weighted by molar-refractivity contribution is 14.1. The van der Waals surface area contributed by atoms with E-state index in [1.54, 1.807) is 11.1 Å². The number of benzene rings is 1. The van der Waals surface area contributed by atoms with Gasteiger partial charge >= 0.3 is 0 Å². The van der Waals surface area contributed by atoms with Crippen LogP contribution in [-0.4, -0.2) is 3.42 Å². The predicted octanol–water partition coefficient (Wildman–Crippen LogP) is 7.11. The van der Waals surface area contributed by atoms with Gasteiger partial charge in [0, 0.05) is 3.42 Å². The van der Waals surface area contributed by atoms with Gasteiger partial charge < -0.3 is 0 Å². The first-order valence-electron chi connectivity index (χ1n) is 9.73. The average Bonchev–Trinajstić information content (AvgIpc) is 3.42. The molecule has 0 aliphatic heterocycles. The van der Waals surface area contributed by atoms with Crippen LogP contribution in [0.3, 0.4) is 0 Å². The number of rotatable bonds is 9. The van der Waals surface area contributed by atoms with Crippen LogP contribution in [0.4, 0.5) is 0 Å². The zero-order valence-corrected chi connectivity index (χ0v) is 17.5. The zero-order chi connectivity index (χ0) is 16.5. The maximum absolute atomic E-state index is 2.69. The molecule has 0 bridgehead atoms. The van der Waals surface area contributed by atoms with E-state index >= 15 is 0 Å². The Labute approximate surface area is 157 Å². The summed E-state index contributed by atoms with van der Waals surface area (Å²) in [5.41, 5.74) is 7.01. The molecule has 0 spiro atoms. The third-order valence-corrected chi connectivity index (χ3v) is 8.14. The van der Waals surface area contributed by atoms with Crippen molar-refractivity contribution in [3.63, 3.8) is 0 Å². The van der Waals surface area contributed by atoms with Crippen molar-refractivity contribution in [2.45, 2.75) is 94.8 Å². The molecule has 0 unspecified atom stereocenters. The standard InChI is InChI=1S/C22H33I/c1-4-21(11-12-21)9-5-7-19-16-20(18(3)15-17(19)2)8-6-10-22(23)13-14-22/h15-16H,4-14H2,1-3H3. The summed E-state index contributed by atoms with van der Waals surface area (Å²) in [4.78, 5) is 0. The smallest absolute Gasteiger partial charge is 0.0223 e. The van der Waals surface area contributed by atoms with Crippen molar-refractivity contribution in [2.24, 2.45) is 5.41 Å². The minimum Gasteiger partial charge on any atom is -0.0789 e. The van der Waals surface area contributed by atoms with E-state index < -0.39 is 0 Å². The summed E-state index contributed by atoms with van der Waals surface area (Å²) < 4.78 is 0.678. The summed E-state index contributed by atoms with van der Waals surface area (Å²) in [6.45, 7) is 6.99. The molecule has 2 aliphatic rings. The van der Waals surface area contributed by atoms with E-state index in [-0.39, 0.29) is 0 Å². The molecule has 0 nitrogen and oxygen atoms in total. The SMILES string of the molecule is CCC1(CCCc2cc(CCCC3(I)CC3)c(C)cc2C)CC1. The second-order valence-electron chi connectivity index (χ2n) is 8.42. The lowest BCUT2D eigenvalue weighted by molar-refractivity contribution is 0.433. The van der Waals surface area contributed by atoms with Crippen molar-refractivity contribution in [1.29, 1.82) is 0 Å². The third-order valence-electron chi connectivity index (χ3n) is 6.52. The largest absolute Gasteiger partial charge is 0.0789 e. The van der Waals surface area contributed by atoms with E-state index in [1.165, 1.54) is 81.8 Å². The number of alkyl halides is 1. The maximum atomic E-state index is 2.69. The van der Waals surface area contributed by atoms with Crippen LogP contribution in [0, 0.1) is 19.3 Å². The Bertz CT molecular complexity index is 549. The minimum atomic E-state index is 0.678. The van der Waals surface area contributed by atoms with Gasteiger partial charge in [-0.05, 0) is 106 Å². The van der Waals surface area contributed by atoms with Crippen LogP contribution in [0.5, 0.6) is 0 Å². The highest BCUT2D eigenvalue weighted by atomic mass is 127. The highest BCUT2D eigenvalue weighted by Crippen LogP contribution is 2.52. The molecule has 3 rings (SSSR count). The molecule has 0 amide bonds. The number of hydrogen-bond donors (Lipinski definition) is 0. The van der Waals surface area contributed by atoms with Gasteiger partial charge in [0.05, 0.1) is 0 Å². The zero-order valence-electron chi connectivity index (χ0n) is 15.3. The van der Waals surface area contributed by atoms with Crippen LogP contribution >= 0.6 is 22.6 Å². The van der Waals surface area contributed by atoms with Crippen molar-refractivity contribution in [2.75, 3.05) is 0 Å². The third kappa shape index (κ3) is 4.74. The van der Waals surface area contributed by atoms with Gasteiger partial charge in [-0.15, -0.1) is 0 Å². The fraction of sp³-hybridized carbons (Fsp3) is 0.727. The predicted molar refractivity (Wildman–Crippen MR) is 110 cm³/mol. The van der Waals surface area contributed by atoms with Gasteiger partial charge in [0.2, 0.25) is 0 Å². The molecule has 0 N–H and O–H groups in total. The van der Waals surface area contributed by atoms with E-state index in [0.29, 0.717) is 3.42 Å². The molecule has 128 valence electrons. The molecule has 23 heavy (non-hydrogen) atoms. The number of aryl methyl sites for hydroxylation is 4. The Morgan fingerprint density at radius 2 is 1.43 bits per heavy atom. The van der Waals surface area contributed by atoms with E-state index in [9.17, 15) is 0 Å². The van der Waals surface area contributed by atoms with E-state index in [1.807, 2.05) is 0 Å². The Kier molecular flexibility index (Phi) is 5.45. The second kappa shape index (κ2) is 7.06. The summed E-state index contributed by atoms with van der Waals surface area (Å²) in [7, 11) is 0. The lowest BCUT2D eigenvalue weighted by atomic mass is 9.91. The van der Waals surface area contributed by atoms with Gasteiger partial charge in [0.25, 0.3) is 0 Å². The normalized spacial score (nSPS) is 20.5. The van der Waals surface area contributed by atoms with Crippen molar-refractivity contribution in [1.82, 2.24) is 0 Å². The quantitative estimate of drug-likeness (QED) is 0.293. The van der Waals surface area contributed by atoms with Crippen LogP contribution < -0.4 is 0 Å². The molecule has 2 fully saturated rings. The first-order valence-corrected chi connectivity index (χ1v) is 10.8. The van der Waals surface area contributed by atoms with Crippen molar-refractivity contribution < 1.29 is 0 Å². The first kappa shape index (κ1) is 17.8. The summed E-state index contributed by atoms with van der Waals surface area (Å²) in [5.74, 6) is 0. The molecule has 0 radical (unpaired) electrons. The van der Waals surface area contributed by atoms with Gasteiger partial charge in [-0.25, -0.2) is 0 Å². The van der Waals surface area contributed by atoms with Gasteiger partial charge in [-0.1, -0.05) is 48.1 Å². The van der Waals surface area contributed by atoms with Crippen LogP contribution in [0.25, 0.3) is 0 Å². The van der Waals surface area contributed by atoms with Crippen LogP contribution in [0.15, 0.2) is 12.1 Å². The van der Waals surface area contributed by atoms with E-state index in [2.05, 4.69) is 55.5 Å². The molecular weight excluding hydrogens is 391 g/mol. The Hall–Kier alpha value is -0.0500. The average molecular weight is 424 g/mol. The molecule has 2 saturated carbocycles. The molecule has 2 aliphatic carbocycles. The fourth-order valence-corrected chi connectivity index (χ4v) is 4.73. The van der Waals surface area contributed by atoms with Gasteiger partial charge in [-0.2, -0.15) is 0 Å². The van der Waals surface area contributed by atoms with Crippen molar-refractivity contribution in [3.8, 4) is 0 Å². The van der Waals surface area contributed by atoms with Gasteiger partial charge in [0.15, 0.2) is 0 Å². The fourth-order valence-electron chi connectivity index (χ4n) is 4.08. The molecule has 0 atom stereocenters. The summed E-state index contributed by atoms with van der Waals surface area (Å²) in [6.07, 6.45) is 15.4. The topological polar surface area (TPSA) is 0 Å². The minimum absolute atomic E-state index is 0.678. The molecule has 0 aromatic heterocycles. The van der Waals surface area contributed by atoms with E-state index in [0.717, 1.165) is 5.41 Å². The van der Waals surface area contributed by atoms with Gasteiger partial charge in [-0.3, -0.25) is 0 Å². The highest BCUT2D eigenvalue weighted by Gasteiger charge is 2.39. The van der Waals surface area contributed by atoms with Crippen LogP contribution in [0.2, 0.25) is 0 Å². The molecule has 1 aromatic rings.